The van der Waals surface area contributed by atoms with Gasteiger partial charge in [0.1, 0.15) is 0 Å². The van der Waals surface area contributed by atoms with Crippen molar-refractivity contribution in [2.24, 2.45) is 0 Å². The first kappa shape index (κ1) is 15.9. The number of allylic oxidation sites excluding steroid dienone is 1. The van der Waals surface area contributed by atoms with Crippen molar-refractivity contribution in [3.05, 3.63) is 71.6 Å². The number of rotatable bonds is 4. The van der Waals surface area contributed by atoms with E-state index >= 15 is 0 Å². The Morgan fingerprint density at radius 3 is 2.58 bits per heavy atom. The van der Waals surface area contributed by atoms with E-state index in [-0.39, 0.29) is 5.78 Å². The average Bonchev–Trinajstić information content (AvgIpc) is 2.59. The van der Waals surface area contributed by atoms with Crippen LogP contribution in [0.4, 0.5) is 5.69 Å². The lowest BCUT2D eigenvalue weighted by molar-refractivity contribution is 0.104. The van der Waals surface area contributed by atoms with Crippen LogP contribution in [0.5, 0.6) is 0 Å². The smallest absolute Gasteiger partial charge is 0.187 e. The van der Waals surface area contributed by atoms with E-state index in [9.17, 15) is 4.79 Å². The number of ketones is 1. The second-order valence-electron chi connectivity index (χ2n) is 5.86. The minimum absolute atomic E-state index is 0.0533. The number of pyridine rings is 2. The van der Waals surface area contributed by atoms with Gasteiger partial charge in [0.15, 0.2) is 11.4 Å². The Morgan fingerprint density at radius 2 is 1.88 bits per heavy atom. The number of nitrogens with zero attached hydrogens (tertiary/aromatic N) is 3. The van der Waals surface area contributed by atoms with Crippen molar-refractivity contribution in [3.63, 3.8) is 0 Å². The van der Waals surface area contributed by atoms with E-state index in [1.807, 2.05) is 74.5 Å². The fourth-order valence-corrected chi connectivity index (χ4v) is 2.49. The van der Waals surface area contributed by atoms with Crippen molar-refractivity contribution in [2.45, 2.75) is 6.92 Å². The number of hydrogen-bond donors (Lipinski definition) is 0. The number of carbonyl (C=O) groups is 1. The van der Waals surface area contributed by atoms with Crippen molar-refractivity contribution in [1.82, 2.24) is 9.97 Å². The fraction of sp³-hybridized carbons (Fsp3) is 0.150. The largest absolute Gasteiger partial charge is 0.378 e. The summed E-state index contributed by atoms with van der Waals surface area (Å²) in [5, 5.41) is 0.871. The van der Waals surface area contributed by atoms with Gasteiger partial charge in [0, 0.05) is 36.9 Å². The predicted molar refractivity (Wildman–Crippen MR) is 98.4 cm³/mol. The monoisotopic (exact) mass is 317 g/mol. The lowest BCUT2D eigenvalue weighted by Crippen LogP contribution is -2.07. The molecule has 0 spiro atoms. The van der Waals surface area contributed by atoms with E-state index in [1.54, 1.807) is 12.3 Å². The zero-order valence-corrected chi connectivity index (χ0v) is 14.0. The number of aryl methyl sites for hydroxylation is 1. The molecular formula is C20H19N3O. The summed E-state index contributed by atoms with van der Waals surface area (Å²) in [5.74, 6) is -0.0533. The molecular weight excluding hydrogens is 298 g/mol. The third kappa shape index (κ3) is 3.33. The van der Waals surface area contributed by atoms with Crippen LogP contribution in [0.25, 0.3) is 17.1 Å². The normalized spacial score (nSPS) is 11.1. The number of anilines is 1. The topological polar surface area (TPSA) is 46.1 Å². The van der Waals surface area contributed by atoms with Crippen LogP contribution >= 0.6 is 0 Å². The average molecular weight is 317 g/mol. The summed E-state index contributed by atoms with van der Waals surface area (Å²) >= 11 is 0. The van der Waals surface area contributed by atoms with Gasteiger partial charge in [-0.05, 0) is 48.9 Å². The summed E-state index contributed by atoms with van der Waals surface area (Å²) in [6.07, 6.45) is 5.12. The van der Waals surface area contributed by atoms with Gasteiger partial charge in [0.05, 0.1) is 5.69 Å². The number of aromatic nitrogens is 2. The molecule has 0 unspecified atom stereocenters. The van der Waals surface area contributed by atoms with E-state index in [0.29, 0.717) is 16.9 Å². The zero-order chi connectivity index (χ0) is 17.1. The van der Waals surface area contributed by atoms with Crippen LogP contribution in [-0.4, -0.2) is 29.8 Å². The van der Waals surface area contributed by atoms with E-state index in [2.05, 4.69) is 9.97 Å². The molecule has 0 fully saturated rings. The first-order chi connectivity index (χ1) is 11.5. The maximum absolute atomic E-state index is 12.5. The zero-order valence-electron chi connectivity index (χ0n) is 14.0. The fourth-order valence-electron chi connectivity index (χ4n) is 2.49. The van der Waals surface area contributed by atoms with Gasteiger partial charge < -0.3 is 4.90 Å². The summed E-state index contributed by atoms with van der Waals surface area (Å²) in [6.45, 7) is 1.83. The van der Waals surface area contributed by atoms with Gasteiger partial charge in [-0.15, -0.1) is 0 Å². The van der Waals surface area contributed by atoms with Crippen LogP contribution in [0.3, 0.4) is 0 Å². The second kappa shape index (κ2) is 6.62. The molecule has 2 aromatic heterocycles. The maximum Gasteiger partial charge on any atom is 0.187 e. The van der Waals surface area contributed by atoms with Gasteiger partial charge in [0.2, 0.25) is 0 Å². The Balaban J connectivity index is 1.85. The predicted octanol–water partition coefficient (Wildman–Crippen LogP) is 3.90. The molecule has 4 nitrogen and oxygen atoms in total. The van der Waals surface area contributed by atoms with Crippen molar-refractivity contribution in [2.75, 3.05) is 19.0 Å². The summed E-state index contributed by atoms with van der Waals surface area (Å²) in [6, 6.07) is 13.7. The number of benzene rings is 1. The number of carbonyl (C=O) groups excluding carboxylic acids is 1. The summed E-state index contributed by atoms with van der Waals surface area (Å²) in [7, 11) is 4.00. The third-order valence-electron chi connectivity index (χ3n) is 3.88. The van der Waals surface area contributed by atoms with Crippen molar-refractivity contribution in [1.29, 1.82) is 0 Å². The van der Waals surface area contributed by atoms with E-state index in [4.69, 9.17) is 0 Å². The molecule has 0 atom stereocenters. The molecule has 0 N–H and O–H groups in total. The minimum atomic E-state index is -0.0533. The van der Waals surface area contributed by atoms with Crippen LogP contribution in [0.15, 0.2) is 54.7 Å². The van der Waals surface area contributed by atoms with Gasteiger partial charge in [-0.2, -0.15) is 0 Å². The molecule has 0 aliphatic heterocycles. The molecule has 2 heterocycles. The molecule has 0 bridgehead atoms. The first-order valence-corrected chi connectivity index (χ1v) is 7.77. The molecule has 0 amide bonds. The second-order valence-corrected chi connectivity index (χ2v) is 5.86. The van der Waals surface area contributed by atoms with Crippen molar-refractivity contribution in [3.8, 4) is 0 Å². The quantitative estimate of drug-likeness (QED) is 0.541. The van der Waals surface area contributed by atoms with Crippen molar-refractivity contribution >= 4 is 28.6 Å². The highest BCUT2D eigenvalue weighted by Crippen LogP contribution is 2.17. The standard InChI is InChI=1S/C20H19N3O/c1-14-18(13-16-5-4-12-21-20(16)22-14)19(24)11-8-15-6-9-17(10-7-15)23(2)3/h4-13H,1-3H3/b11-8+. The Bertz CT molecular complexity index is 912. The third-order valence-corrected chi connectivity index (χ3v) is 3.88. The molecule has 0 saturated carbocycles. The minimum Gasteiger partial charge on any atom is -0.378 e. The molecule has 3 rings (SSSR count). The SMILES string of the molecule is Cc1nc2ncccc2cc1C(=O)/C=C/c1ccc(N(C)C)cc1. The highest BCUT2D eigenvalue weighted by atomic mass is 16.1. The molecule has 1 aromatic carbocycles. The number of fused-ring (bicyclic) bond motifs is 1. The first-order valence-electron chi connectivity index (χ1n) is 7.77. The van der Waals surface area contributed by atoms with Crippen LogP contribution in [0.2, 0.25) is 0 Å². The van der Waals surface area contributed by atoms with Crippen LogP contribution in [0, 0.1) is 6.92 Å². The molecule has 0 aliphatic carbocycles. The van der Waals surface area contributed by atoms with E-state index in [1.165, 1.54) is 0 Å². The summed E-state index contributed by atoms with van der Waals surface area (Å²) in [5.41, 5.74) is 4.08. The molecule has 0 aliphatic rings. The van der Waals surface area contributed by atoms with E-state index < -0.39 is 0 Å². The summed E-state index contributed by atoms with van der Waals surface area (Å²) < 4.78 is 0. The maximum atomic E-state index is 12.5. The van der Waals surface area contributed by atoms with Crippen LogP contribution < -0.4 is 4.90 Å². The Kier molecular flexibility index (Phi) is 4.38. The number of hydrogen-bond acceptors (Lipinski definition) is 4. The van der Waals surface area contributed by atoms with Crippen molar-refractivity contribution < 1.29 is 4.79 Å². The van der Waals surface area contributed by atoms with Gasteiger partial charge >= 0.3 is 0 Å². The Hall–Kier alpha value is -3.01. The lowest BCUT2D eigenvalue weighted by atomic mass is 10.1. The van der Waals surface area contributed by atoms with Crippen LogP contribution in [-0.2, 0) is 0 Å². The van der Waals surface area contributed by atoms with Gasteiger partial charge in [-0.3, -0.25) is 4.79 Å². The van der Waals surface area contributed by atoms with Gasteiger partial charge in [-0.25, -0.2) is 9.97 Å². The van der Waals surface area contributed by atoms with Crippen LogP contribution in [0.1, 0.15) is 21.6 Å². The molecule has 4 heteroatoms. The van der Waals surface area contributed by atoms with Gasteiger partial charge in [0.25, 0.3) is 0 Å². The highest BCUT2D eigenvalue weighted by molar-refractivity contribution is 6.08. The molecule has 0 saturated heterocycles. The molecule has 120 valence electrons. The Morgan fingerprint density at radius 1 is 1.12 bits per heavy atom. The molecule has 3 aromatic rings. The molecule has 0 radical (unpaired) electrons. The molecule has 24 heavy (non-hydrogen) atoms. The van der Waals surface area contributed by atoms with Gasteiger partial charge in [-0.1, -0.05) is 18.2 Å². The Labute approximate surface area is 141 Å². The van der Waals surface area contributed by atoms with E-state index in [0.717, 1.165) is 16.6 Å². The lowest BCUT2D eigenvalue weighted by Gasteiger charge is -2.11. The highest BCUT2D eigenvalue weighted by Gasteiger charge is 2.09. The summed E-state index contributed by atoms with van der Waals surface area (Å²) in [4.78, 5) is 23.2.